The number of hydrogen-bond acceptors (Lipinski definition) is 4. The third-order valence-electron chi connectivity index (χ3n) is 5.34. The second-order valence-corrected chi connectivity index (χ2v) is 10.3. The predicted octanol–water partition coefficient (Wildman–Crippen LogP) is 5.78. The molecule has 1 atom stereocenters. The molecule has 1 aliphatic rings. The lowest BCUT2D eigenvalue weighted by Gasteiger charge is -2.24. The zero-order valence-electron chi connectivity index (χ0n) is 18.1. The maximum Gasteiger partial charge on any atom is 0.251 e. The summed E-state index contributed by atoms with van der Waals surface area (Å²) in [7, 11) is 0. The van der Waals surface area contributed by atoms with Crippen LogP contribution in [0, 0.1) is 0 Å². The van der Waals surface area contributed by atoms with Crippen LogP contribution in [0.25, 0.3) is 0 Å². The Morgan fingerprint density at radius 2 is 1.73 bits per heavy atom. The minimum absolute atomic E-state index is 0.0559. The zero-order chi connectivity index (χ0) is 23.0. The summed E-state index contributed by atoms with van der Waals surface area (Å²) < 4.78 is 0. The zero-order valence-corrected chi connectivity index (χ0v) is 20.5. The number of nitrogens with zero attached hydrogens (tertiary/aromatic N) is 1. The maximum absolute atomic E-state index is 12.5. The first-order chi connectivity index (χ1) is 16.1. The van der Waals surface area contributed by atoms with Crippen LogP contribution in [0.1, 0.15) is 32.4 Å². The van der Waals surface area contributed by atoms with Crippen molar-refractivity contribution in [3.63, 3.8) is 0 Å². The molecule has 7 heteroatoms. The van der Waals surface area contributed by atoms with Gasteiger partial charge in [-0.3, -0.25) is 9.59 Å². The quantitative estimate of drug-likeness (QED) is 0.382. The number of hydrogen-bond donors (Lipinski definition) is 1. The molecule has 3 aromatic carbocycles. The van der Waals surface area contributed by atoms with Gasteiger partial charge in [-0.15, -0.1) is 11.8 Å². The standard InChI is InChI=1S/C26H25ClN2O2S2/c27-23-12-6-19(7-13-23)16-29-24(30)18-33-26(29)22-10-8-21(9-11-22)25(31)28-14-15-32-17-20-4-2-1-3-5-20/h1-13,26H,14-18H2,(H,28,31)/t26-/m1/s1. The molecule has 0 spiro atoms. The molecule has 1 saturated heterocycles. The molecule has 1 N–H and O–H groups in total. The van der Waals surface area contributed by atoms with Gasteiger partial charge in [-0.1, -0.05) is 66.2 Å². The van der Waals surface area contributed by atoms with Gasteiger partial charge >= 0.3 is 0 Å². The van der Waals surface area contributed by atoms with Crippen LogP contribution in [0.2, 0.25) is 5.02 Å². The van der Waals surface area contributed by atoms with Crippen molar-refractivity contribution in [2.75, 3.05) is 18.1 Å². The smallest absolute Gasteiger partial charge is 0.251 e. The molecule has 0 saturated carbocycles. The van der Waals surface area contributed by atoms with Crippen molar-refractivity contribution in [2.24, 2.45) is 0 Å². The summed E-state index contributed by atoms with van der Waals surface area (Å²) in [4.78, 5) is 26.9. The third kappa shape index (κ3) is 6.56. The van der Waals surface area contributed by atoms with Crippen LogP contribution < -0.4 is 5.32 Å². The van der Waals surface area contributed by atoms with E-state index < -0.39 is 0 Å². The van der Waals surface area contributed by atoms with E-state index in [1.807, 2.05) is 71.6 Å². The molecule has 0 unspecified atom stereocenters. The van der Waals surface area contributed by atoms with Gasteiger partial charge in [0.25, 0.3) is 5.91 Å². The number of amides is 2. The fourth-order valence-corrected chi connectivity index (χ4v) is 5.72. The molecule has 0 aromatic heterocycles. The summed E-state index contributed by atoms with van der Waals surface area (Å²) >= 11 is 9.39. The van der Waals surface area contributed by atoms with Crippen molar-refractivity contribution in [2.45, 2.75) is 17.7 Å². The number of carbonyl (C=O) groups excluding carboxylic acids is 2. The molecule has 1 aliphatic heterocycles. The number of nitrogens with one attached hydrogen (secondary N) is 1. The Balaban J connectivity index is 1.28. The van der Waals surface area contributed by atoms with Gasteiger partial charge in [0.1, 0.15) is 5.37 Å². The Hall–Kier alpha value is -2.41. The summed E-state index contributed by atoms with van der Waals surface area (Å²) in [6.45, 7) is 1.16. The first-order valence-electron chi connectivity index (χ1n) is 10.8. The summed E-state index contributed by atoms with van der Waals surface area (Å²) in [6.07, 6.45) is 0. The van der Waals surface area contributed by atoms with Crippen molar-refractivity contribution >= 4 is 46.9 Å². The van der Waals surface area contributed by atoms with Gasteiger partial charge in [0.05, 0.1) is 5.75 Å². The molecular formula is C26H25ClN2O2S2. The summed E-state index contributed by atoms with van der Waals surface area (Å²) in [6, 6.07) is 25.5. The second kappa shape index (κ2) is 11.6. The Bertz CT molecular complexity index is 1080. The van der Waals surface area contributed by atoms with Crippen LogP contribution in [0.3, 0.4) is 0 Å². The highest BCUT2D eigenvalue weighted by molar-refractivity contribution is 8.00. The van der Waals surface area contributed by atoms with Gasteiger partial charge in [0.15, 0.2) is 0 Å². The topological polar surface area (TPSA) is 49.4 Å². The molecule has 0 radical (unpaired) electrons. The van der Waals surface area contributed by atoms with E-state index in [2.05, 4.69) is 17.4 Å². The molecular weight excluding hydrogens is 472 g/mol. The van der Waals surface area contributed by atoms with E-state index >= 15 is 0 Å². The highest BCUT2D eigenvalue weighted by Crippen LogP contribution is 2.39. The molecule has 170 valence electrons. The van der Waals surface area contributed by atoms with E-state index in [-0.39, 0.29) is 17.2 Å². The van der Waals surface area contributed by atoms with Crippen LogP contribution in [0.5, 0.6) is 0 Å². The van der Waals surface area contributed by atoms with Crippen LogP contribution in [0.4, 0.5) is 0 Å². The van der Waals surface area contributed by atoms with Gasteiger partial charge in [-0.05, 0) is 41.0 Å². The van der Waals surface area contributed by atoms with Crippen molar-refractivity contribution < 1.29 is 9.59 Å². The maximum atomic E-state index is 12.5. The SMILES string of the molecule is O=C(NCCSCc1ccccc1)c1ccc([C@H]2SCC(=O)N2Cc2ccc(Cl)cc2)cc1. The normalized spacial score (nSPS) is 15.6. The highest BCUT2D eigenvalue weighted by Gasteiger charge is 2.32. The lowest BCUT2D eigenvalue weighted by Crippen LogP contribution is -2.28. The minimum Gasteiger partial charge on any atom is -0.351 e. The first-order valence-corrected chi connectivity index (χ1v) is 13.3. The Labute approximate surface area is 208 Å². The van der Waals surface area contributed by atoms with Gasteiger partial charge in [0.2, 0.25) is 5.91 Å². The largest absolute Gasteiger partial charge is 0.351 e. The molecule has 0 bridgehead atoms. The highest BCUT2D eigenvalue weighted by atomic mass is 35.5. The molecule has 0 aliphatic carbocycles. The van der Waals surface area contributed by atoms with E-state index in [0.717, 1.165) is 22.6 Å². The summed E-state index contributed by atoms with van der Waals surface area (Å²) in [5, 5.41) is 3.61. The van der Waals surface area contributed by atoms with Gasteiger partial charge in [-0.2, -0.15) is 11.8 Å². The third-order valence-corrected chi connectivity index (χ3v) is 7.87. The monoisotopic (exact) mass is 496 g/mol. The fraction of sp³-hybridized carbons (Fsp3) is 0.231. The average molecular weight is 497 g/mol. The Kier molecular flexibility index (Phi) is 8.37. The van der Waals surface area contributed by atoms with Crippen LogP contribution in [0.15, 0.2) is 78.9 Å². The molecule has 4 nitrogen and oxygen atoms in total. The number of halogens is 1. The van der Waals surface area contributed by atoms with E-state index in [9.17, 15) is 9.59 Å². The molecule has 33 heavy (non-hydrogen) atoms. The lowest BCUT2D eigenvalue weighted by atomic mass is 10.1. The lowest BCUT2D eigenvalue weighted by molar-refractivity contribution is -0.128. The Morgan fingerprint density at radius 3 is 2.45 bits per heavy atom. The Morgan fingerprint density at radius 1 is 1.00 bits per heavy atom. The van der Waals surface area contributed by atoms with E-state index in [1.54, 1.807) is 23.5 Å². The van der Waals surface area contributed by atoms with Gasteiger partial charge in [-0.25, -0.2) is 0 Å². The first kappa shape index (κ1) is 23.7. The van der Waals surface area contributed by atoms with Gasteiger partial charge < -0.3 is 10.2 Å². The average Bonchev–Trinajstić information content (AvgIpc) is 3.21. The van der Waals surface area contributed by atoms with E-state index in [1.165, 1.54) is 5.56 Å². The van der Waals surface area contributed by atoms with Crippen LogP contribution in [-0.2, 0) is 17.1 Å². The molecule has 1 fully saturated rings. The molecule has 2 amide bonds. The number of rotatable bonds is 9. The summed E-state index contributed by atoms with van der Waals surface area (Å²) in [5.41, 5.74) is 3.99. The van der Waals surface area contributed by atoms with Crippen molar-refractivity contribution in [3.05, 3.63) is 106 Å². The second-order valence-electron chi connectivity index (χ2n) is 7.73. The molecule has 4 rings (SSSR count). The number of carbonyl (C=O) groups is 2. The minimum atomic E-state index is -0.0740. The molecule has 1 heterocycles. The number of thioether (sulfide) groups is 2. The van der Waals surface area contributed by atoms with Crippen LogP contribution in [-0.4, -0.2) is 34.8 Å². The fourth-order valence-electron chi connectivity index (χ4n) is 3.59. The van der Waals surface area contributed by atoms with Crippen molar-refractivity contribution in [1.82, 2.24) is 10.2 Å². The van der Waals surface area contributed by atoms with E-state index in [0.29, 0.717) is 29.4 Å². The van der Waals surface area contributed by atoms with Crippen molar-refractivity contribution in [3.8, 4) is 0 Å². The summed E-state index contributed by atoms with van der Waals surface area (Å²) in [5.74, 6) is 2.31. The van der Waals surface area contributed by atoms with Crippen molar-refractivity contribution in [1.29, 1.82) is 0 Å². The molecule has 3 aromatic rings. The van der Waals surface area contributed by atoms with Crippen LogP contribution >= 0.6 is 35.1 Å². The predicted molar refractivity (Wildman–Crippen MR) is 139 cm³/mol. The number of benzene rings is 3. The van der Waals surface area contributed by atoms with Gasteiger partial charge in [0, 0.05) is 35.2 Å². The van der Waals surface area contributed by atoms with E-state index in [4.69, 9.17) is 11.6 Å².